The predicted molar refractivity (Wildman–Crippen MR) is 134 cm³/mol. The summed E-state index contributed by atoms with van der Waals surface area (Å²) in [5.41, 5.74) is 0.822. The highest BCUT2D eigenvalue weighted by molar-refractivity contribution is 5.75. The highest BCUT2D eigenvalue weighted by Crippen LogP contribution is 2.77. The average molecular weight is 456 g/mol. The lowest BCUT2D eigenvalue weighted by molar-refractivity contribution is -0.120. The number of nitrogens with one attached hydrogen (secondary N) is 1. The van der Waals surface area contributed by atoms with Crippen LogP contribution in [0.1, 0.15) is 87.0 Å². The fourth-order valence-electron chi connectivity index (χ4n) is 6.78. The molecular formula is C27H53NO4. The van der Waals surface area contributed by atoms with Gasteiger partial charge in [-0.15, -0.1) is 0 Å². The van der Waals surface area contributed by atoms with Crippen LogP contribution in [-0.2, 0) is 4.79 Å². The van der Waals surface area contributed by atoms with E-state index in [2.05, 4.69) is 32.7 Å². The number of rotatable bonds is 8. The van der Waals surface area contributed by atoms with Crippen molar-refractivity contribution >= 4 is 5.91 Å². The minimum atomic E-state index is 0. The van der Waals surface area contributed by atoms with Gasteiger partial charge >= 0.3 is 0 Å². The summed E-state index contributed by atoms with van der Waals surface area (Å²) in [6, 6.07) is 0. The molecule has 4 aliphatic carbocycles. The second-order valence-electron chi connectivity index (χ2n) is 10.4. The zero-order chi connectivity index (χ0) is 22.5. The number of aliphatic hydroxyl groups excluding tert-OH is 2. The van der Waals surface area contributed by atoms with Gasteiger partial charge in [0.1, 0.15) is 0 Å². The molecule has 4 saturated carbocycles. The molecule has 0 spiro atoms. The van der Waals surface area contributed by atoms with Gasteiger partial charge in [0.15, 0.2) is 0 Å². The number of hydrogen-bond acceptors (Lipinski definition) is 3. The van der Waals surface area contributed by atoms with Crippen molar-refractivity contribution in [2.24, 2.45) is 52.8 Å². The van der Waals surface area contributed by atoms with Gasteiger partial charge in [-0.05, 0) is 84.9 Å². The number of amides is 1. The van der Waals surface area contributed by atoms with Gasteiger partial charge in [0, 0.05) is 19.6 Å². The van der Waals surface area contributed by atoms with Gasteiger partial charge in [-0.2, -0.15) is 0 Å². The van der Waals surface area contributed by atoms with E-state index >= 15 is 0 Å². The third-order valence-corrected chi connectivity index (χ3v) is 8.81. The van der Waals surface area contributed by atoms with Crippen LogP contribution in [0.4, 0.5) is 0 Å². The molecule has 190 valence electrons. The molecule has 0 aromatic carbocycles. The summed E-state index contributed by atoms with van der Waals surface area (Å²) < 4.78 is 0. The van der Waals surface area contributed by atoms with Crippen molar-refractivity contribution in [1.82, 2.24) is 5.32 Å². The summed E-state index contributed by atoms with van der Waals surface area (Å²) in [4.78, 5) is 10.5. The molecule has 5 nitrogen and oxygen atoms in total. The molecule has 5 heteroatoms. The molecule has 9 atom stereocenters. The molecule has 0 aliphatic heterocycles. The monoisotopic (exact) mass is 455 g/mol. The molecule has 1 amide bonds. The molecule has 4 aliphatic rings. The Morgan fingerprint density at radius 3 is 2.41 bits per heavy atom. The van der Waals surface area contributed by atoms with Crippen molar-refractivity contribution < 1.29 is 20.5 Å². The Labute approximate surface area is 197 Å². The summed E-state index contributed by atoms with van der Waals surface area (Å²) >= 11 is 0. The largest absolute Gasteiger partial charge is 0.516 e. The van der Waals surface area contributed by atoms with Crippen LogP contribution in [0.25, 0.3) is 0 Å². The van der Waals surface area contributed by atoms with Crippen molar-refractivity contribution in [2.75, 3.05) is 13.2 Å². The molecule has 4 rings (SSSR count). The zero-order valence-corrected chi connectivity index (χ0v) is 20.6. The van der Waals surface area contributed by atoms with Gasteiger partial charge < -0.3 is 21.0 Å². The lowest BCUT2D eigenvalue weighted by Gasteiger charge is -2.18. The minimum absolute atomic E-state index is 0. The maximum Gasteiger partial charge on any atom is 0.219 e. The molecule has 0 heterocycles. The molecule has 0 bridgehead atoms. The lowest BCUT2D eigenvalue weighted by atomic mass is 9.87. The van der Waals surface area contributed by atoms with Gasteiger partial charge in [-0.3, -0.25) is 4.79 Å². The number of fused-ring (bicyclic) bond motifs is 3. The van der Waals surface area contributed by atoms with Gasteiger partial charge in [0.25, 0.3) is 0 Å². The van der Waals surface area contributed by atoms with Crippen LogP contribution >= 0.6 is 0 Å². The summed E-state index contributed by atoms with van der Waals surface area (Å²) in [6.45, 7) is 15.1. The number of carbonyl (C=O) groups excluding carboxylic acids is 1. The number of aliphatic hydroxyl groups is 2. The highest BCUT2D eigenvalue weighted by Gasteiger charge is 2.70. The summed E-state index contributed by atoms with van der Waals surface area (Å²) in [5, 5.41) is 19.4. The SMILES string of the molecule is C.C=CO.CCCNC(=O)CC.CC[C@@]12CC[C@@H]3[C@@H](C[C@@H]4[C@@H](C)[C@@H]4[C@@H](C)CO)[C@@H]3[C@H]1C2.O. The van der Waals surface area contributed by atoms with Crippen LogP contribution in [0.3, 0.4) is 0 Å². The zero-order valence-electron chi connectivity index (χ0n) is 20.6. The Bertz CT molecular complexity index is 568. The van der Waals surface area contributed by atoms with Crippen molar-refractivity contribution in [3.8, 4) is 0 Å². The lowest BCUT2D eigenvalue weighted by Crippen LogP contribution is -2.22. The van der Waals surface area contributed by atoms with E-state index in [0.717, 1.165) is 66.1 Å². The molecule has 0 saturated heterocycles. The fourth-order valence-corrected chi connectivity index (χ4v) is 6.78. The van der Waals surface area contributed by atoms with Gasteiger partial charge in [-0.1, -0.05) is 55.0 Å². The molecule has 0 aromatic heterocycles. The molecule has 32 heavy (non-hydrogen) atoms. The topological polar surface area (TPSA) is 101 Å². The van der Waals surface area contributed by atoms with Crippen molar-refractivity contribution in [2.45, 2.75) is 87.0 Å². The van der Waals surface area contributed by atoms with E-state index in [-0.39, 0.29) is 18.8 Å². The first-order valence-electron chi connectivity index (χ1n) is 12.5. The van der Waals surface area contributed by atoms with Crippen molar-refractivity contribution in [1.29, 1.82) is 0 Å². The summed E-state index contributed by atoms with van der Waals surface area (Å²) in [6.07, 6.45) is 9.96. The fraction of sp³-hybridized carbons (Fsp3) is 0.889. The van der Waals surface area contributed by atoms with Crippen LogP contribution in [0, 0.1) is 52.8 Å². The number of carbonyl (C=O) groups is 1. The first-order valence-corrected chi connectivity index (χ1v) is 12.5. The Balaban J connectivity index is 0.000000636. The Morgan fingerprint density at radius 2 is 1.91 bits per heavy atom. The third kappa shape index (κ3) is 6.96. The molecular weight excluding hydrogens is 402 g/mol. The van der Waals surface area contributed by atoms with Crippen molar-refractivity contribution in [3.05, 3.63) is 12.8 Å². The maximum atomic E-state index is 10.5. The van der Waals surface area contributed by atoms with Gasteiger partial charge in [-0.25, -0.2) is 0 Å². The van der Waals surface area contributed by atoms with E-state index in [0.29, 0.717) is 18.9 Å². The van der Waals surface area contributed by atoms with Gasteiger partial charge in [0.2, 0.25) is 5.91 Å². The van der Waals surface area contributed by atoms with Gasteiger partial charge in [0.05, 0.1) is 6.26 Å². The van der Waals surface area contributed by atoms with Crippen LogP contribution < -0.4 is 5.32 Å². The third-order valence-electron chi connectivity index (χ3n) is 8.81. The molecule has 0 unspecified atom stereocenters. The molecule has 0 radical (unpaired) electrons. The second kappa shape index (κ2) is 13.6. The van der Waals surface area contributed by atoms with Crippen LogP contribution in [-0.4, -0.2) is 34.7 Å². The Morgan fingerprint density at radius 1 is 1.28 bits per heavy atom. The summed E-state index contributed by atoms with van der Waals surface area (Å²) in [7, 11) is 0. The van der Waals surface area contributed by atoms with E-state index in [1.54, 1.807) is 19.3 Å². The van der Waals surface area contributed by atoms with Crippen molar-refractivity contribution in [3.63, 3.8) is 0 Å². The van der Waals surface area contributed by atoms with Crippen LogP contribution in [0.5, 0.6) is 0 Å². The van der Waals surface area contributed by atoms with E-state index in [4.69, 9.17) is 5.11 Å². The average Bonchev–Trinajstić information content (AvgIpc) is 3.67. The minimum Gasteiger partial charge on any atom is -0.516 e. The maximum absolute atomic E-state index is 10.5. The number of hydrogen-bond donors (Lipinski definition) is 3. The standard InChI is InChI=1S/C18H30O.C6H13NO.C2H4O.CH4.H2O/c1-4-18-6-5-12-14(17(12)15(18)8-18)7-13-11(3)16(13)10(2)9-19;1-3-5-7-6(8)4-2;1-2-3;;/h10-17,19H,4-9H2,1-3H3;3-5H2,1-2H3,(H,7,8);2-3H,1H2;1H4;1H2/t10-,11+,12+,13+,14+,15+,16-,17+,18-;;;;/m0..../s1. The Hall–Kier alpha value is -1.07. The molecule has 5 N–H and O–H groups in total. The predicted octanol–water partition coefficient (Wildman–Crippen LogP) is 5.38. The first kappa shape index (κ1) is 30.9. The summed E-state index contributed by atoms with van der Waals surface area (Å²) in [5.74, 6) is 7.82. The highest BCUT2D eigenvalue weighted by atomic mass is 16.3. The van der Waals surface area contributed by atoms with E-state index in [1.165, 1.54) is 12.8 Å². The molecule has 0 aromatic rings. The van der Waals surface area contributed by atoms with Crippen LogP contribution in [0.2, 0.25) is 0 Å². The molecule has 4 fully saturated rings. The van der Waals surface area contributed by atoms with E-state index < -0.39 is 0 Å². The van der Waals surface area contributed by atoms with E-state index in [1.807, 2.05) is 13.8 Å². The second-order valence-corrected chi connectivity index (χ2v) is 10.4. The Kier molecular flexibility index (Phi) is 13.1. The quantitative estimate of drug-likeness (QED) is 0.428. The first-order chi connectivity index (χ1) is 14.3. The smallest absolute Gasteiger partial charge is 0.219 e. The normalized spacial score (nSPS) is 37.6. The van der Waals surface area contributed by atoms with Crippen LogP contribution in [0.15, 0.2) is 12.8 Å². The van der Waals surface area contributed by atoms with E-state index in [9.17, 15) is 9.90 Å².